The van der Waals surface area contributed by atoms with Crippen LogP contribution in [-0.4, -0.2) is 29.2 Å². The van der Waals surface area contributed by atoms with Gasteiger partial charge in [0.1, 0.15) is 0 Å². The van der Waals surface area contributed by atoms with E-state index in [1.165, 1.54) is 0 Å². The highest BCUT2D eigenvalue weighted by Crippen LogP contribution is 2.21. The van der Waals surface area contributed by atoms with Gasteiger partial charge in [-0.1, -0.05) is 12.1 Å². The topological polar surface area (TPSA) is 43.6 Å². The van der Waals surface area contributed by atoms with E-state index in [1.807, 2.05) is 44.3 Å². The zero-order chi connectivity index (χ0) is 13.7. The van der Waals surface area contributed by atoms with Gasteiger partial charge in [0.05, 0.1) is 13.2 Å². The van der Waals surface area contributed by atoms with Crippen LogP contribution in [0.3, 0.4) is 0 Å². The van der Waals surface area contributed by atoms with Crippen molar-refractivity contribution in [2.75, 3.05) is 13.2 Å². The predicted octanol–water partition coefficient (Wildman–Crippen LogP) is 2.53. The quantitative estimate of drug-likeness (QED) is 0.781. The summed E-state index contributed by atoms with van der Waals surface area (Å²) in [7, 11) is 0. The molecule has 0 spiro atoms. The Morgan fingerprint density at radius 1 is 1.16 bits per heavy atom. The van der Waals surface area contributed by atoms with E-state index in [4.69, 9.17) is 9.47 Å². The Balaban J connectivity index is 2.25. The van der Waals surface area contributed by atoms with Gasteiger partial charge < -0.3 is 19.1 Å². The first kappa shape index (κ1) is 14.1. The summed E-state index contributed by atoms with van der Waals surface area (Å²) in [5.41, 5.74) is 2.04. The lowest BCUT2D eigenvalue weighted by atomic mass is 10.1. The Hall–Kier alpha value is -1.36. The molecule has 0 saturated heterocycles. The normalized spacial score (nSPS) is 11.6. The van der Waals surface area contributed by atoms with Crippen LogP contribution in [0.15, 0.2) is 30.5 Å². The van der Waals surface area contributed by atoms with Crippen LogP contribution < -0.4 is 0 Å². The van der Waals surface area contributed by atoms with Crippen molar-refractivity contribution in [1.29, 1.82) is 0 Å². The summed E-state index contributed by atoms with van der Waals surface area (Å²) in [5.74, 6) is 0. The standard InChI is InChI=1S/C15H21NO3/c1-3-18-15(19-4-2)10-16-9-8-13-12(11-17)6-5-7-14(13)16/h5-9,15,17H,3-4,10-11H2,1-2H3. The van der Waals surface area contributed by atoms with E-state index in [2.05, 4.69) is 4.57 Å². The highest BCUT2D eigenvalue weighted by Gasteiger charge is 2.11. The molecule has 1 N–H and O–H groups in total. The van der Waals surface area contributed by atoms with E-state index in [9.17, 15) is 5.11 Å². The summed E-state index contributed by atoms with van der Waals surface area (Å²) >= 11 is 0. The smallest absolute Gasteiger partial charge is 0.175 e. The van der Waals surface area contributed by atoms with Crippen molar-refractivity contribution in [3.05, 3.63) is 36.0 Å². The van der Waals surface area contributed by atoms with Crippen molar-refractivity contribution in [3.8, 4) is 0 Å². The highest BCUT2D eigenvalue weighted by atomic mass is 16.7. The summed E-state index contributed by atoms with van der Waals surface area (Å²) < 4.78 is 13.2. The lowest BCUT2D eigenvalue weighted by molar-refractivity contribution is -0.143. The van der Waals surface area contributed by atoms with Gasteiger partial charge in [-0.3, -0.25) is 0 Å². The minimum Gasteiger partial charge on any atom is -0.392 e. The van der Waals surface area contributed by atoms with Crippen LogP contribution in [0.25, 0.3) is 10.9 Å². The molecule has 2 rings (SSSR count). The van der Waals surface area contributed by atoms with Gasteiger partial charge >= 0.3 is 0 Å². The van der Waals surface area contributed by atoms with E-state index in [0.29, 0.717) is 19.8 Å². The molecule has 0 aliphatic heterocycles. The van der Waals surface area contributed by atoms with Gasteiger partial charge in [0.15, 0.2) is 6.29 Å². The summed E-state index contributed by atoms with van der Waals surface area (Å²) in [6.07, 6.45) is 1.78. The van der Waals surface area contributed by atoms with Gasteiger partial charge in [-0.15, -0.1) is 0 Å². The van der Waals surface area contributed by atoms with Gasteiger partial charge in [0.25, 0.3) is 0 Å². The first-order chi connectivity index (χ1) is 9.30. The zero-order valence-corrected chi connectivity index (χ0v) is 11.5. The predicted molar refractivity (Wildman–Crippen MR) is 74.9 cm³/mol. The second-order valence-corrected chi connectivity index (χ2v) is 4.32. The van der Waals surface area contributed by atoms with Gasteiger partial charge in [-0.05, 0) is 31.5 Å². The third-order valence-corrected chi connectivity index (χ3v) is 3.13. The molecule has 0 radical (unpaired) electrons. The first-order valence-electron chi connectivity index (χ1n) is 6.71. The summed E-state index contributed by atoms with van der Waals surface area (Å²) in [6, 6.07) is 7.97. The third kappa shape index (κ3) is 3.15. The SMILES string of the molecule is CCOC(Cn1ccc2c(CO)cccc21)OCC. The Labute approximate surface area is 113 Å². The number of fused-ring (bicyclic) bond motifs is 1. The fourth-order valence-electron chi connectivity index (χ4n) is 2.27. The monoisotopic (exact) mass is 263 g/mol. The van der Waals surface area contributed by atoms with E-state index in [0.717, 1.165) is 16.5 Å². The molecule has 1 aromatic heterocycles. The molecule has 4 heteroatoms. The molecule has 0 atom stereocenters. The molecule has 104 valence electrons. The number of ether oxygens (including phenoxy) is 2. The molecular formula is C15H21NO3. The first-order valence-corrected chi connectivity index (χ1v) is 6.71. The fraction of sp³-hybridized carbons (Fsp3) is 0.467. The fourth-order valence-corrected chi connectivity index (χ4v) is 2.27. The molecule has 1 aromatic carbocycles. The molecule has 0 saturated carbocycles. The number of aliphatic hydroxyl groups is 1. The lowest BCUT2D eigenvalue weighted by Crippen LogP contribution is -2.23. The minimum atomic E-state index is -0.233. The maximum absolute atomic E-state index is 9.34. The van der Waals surface area contributed by atoms with Crippen LogP contribution in [0.1, 0.15) is 19.4 Å². The van der Waals surface area contributed by atoms with Crippen LogP contribution in [0.5, 0.6) is 0 Å². The molecular weight excluding hydrogens is 242 g/mol. The van der Waals surface area contributed by atoms with Gasteiger partial charge in [0, 0.05) is 30.3 Å². The van der Waals surface area contributed by atoms with Crippen LogP contribution in [-0.2, 0) is 22.6 Å². The number of nitrogens with zero attached hydrogens (tertiary/aromatic N) is 1. The second-order valence-electron chi connectivity index (χ2n) is 4.32. The molecule has 19 heavy (non-hydrogen) atoms. The summed E-state index contributed by atoms with van der Waals surface area (Å²) in [6.45, 7) is 5.90. The van der Waals surface area contributed by atoms with E-state index in [-0.39, 0.29) is 12.9 Å². The molecule has 0 aliphatic carbocycles. The Morgan fingerprint density at radius 3 is 2.53 bits per heavy atom. The van der Waals surface area contributed by atoms with Gasteiger partial charge in [0.2, 0.25) is 0 Å². The van der Waals surface area contributed by atoms with E-state index < -0.39 is 0 Å². The van der Waals surface area contributed by atoms with Crippen LogP contribution in [0.4, 0.5) is 0 Å². The Bertz CT molecular complexity index is 515. The Morgan fingerprint density at radius 2 is 1.89 bits per heavy atom. The number of hydrogen-bond acceptors (Lipinski definition) is 3. The third-order valence-electron chi connectivity index (χ3n) is 3.13. The van der Waals surface area contributed by atoms with E-state index in [1.54, 1.807) is 0 Å². The average molecular weight is 263 g/mol. The number of benzene rings is 1. The van der Waals surface area contributed by atoms with Crippen molar-refractivity contribution in [3.63, 3.8) is 0 Å². The van der Waals surface area contributed by atoms with Crippen molar-refractivity contribution in [1.82, 2.24) is 4.57 Å². The van der Waals surface area contributed by atoms with Crippen molar-refractivity contribution >= 4 is 10.9 Å². The molecule has 0 unspecified atom stereocenters. The molecule has 0 fully saturated rings. The number of aliphatic hydroxyl groups excluding tert-OH is 1. The van der Waals surface area contributed by atoms with E-state index >= 15 is 0 Å². The summed E-state index contributed by atoms with van der Waals surface area (Å²) in [4.78, 5) is 0. The number of rotatable bonds is 7. The highest BCUT2D eigenvalue weighted by molar-refractivity contribution is 5.83. The van der Waals surface area contributed by atoms with Crippen molar-refractivity contribution in [2.24, 2.45) is 0 Å². The molecule has 0 aliphatic rings. The average Bonchev–Trinajstić information content (AvgIpc) is 2.82. The second kappa shape index (κ2) is 6.70. The minimum absolute atomic E-state index is 0.0572. The Kier molecular flexibility index (Phi) is 4.96. The van der Waals surface area contributed by atoms with Crippen molar-refractivity contribution < 1.29 is 14.6 Å². The molecule has 0 bridgehead atoms. The molecule has 0 amide bonds. The largest absolute Gasteiger partial charge is 0.392 e. The number of hydrogen-bond donors (Lipinski definition) is 1. The van der Waals surface area contributed by atoms with Gasteiger partial charge in [-0.2, -0.15) is 0 Å². The molecule has 1 heterocycles. The molecule has 4 nitrogen and oxygen atoms in total. The van der Waals surface area contributed by atoms with Crippen LogP contribution in [0, 0.1) is 0 Å². The maximum atomic E-state index is 9.34. The van der Waals surface area contributed by atoms with Crippen LogP contribution in [0.2, 0.25) is 0 Å². The molecule has 2 aromatic rings. The maximum Gasteiger partial charge on any atom is 0.175 e. The zero-order valence-electron chi connectivity index (χ0n) is 11.5. The van der Waals surface area contributed by atoms with Crippen molar-refractivity contribution in [2.45, 2.75) is 33.3 Å². The summed E-state index contributed by atoms with van der Waals surface area (Å²) in [5, 5.41) is 10.4. The van der Waals surface area contributed by atoms with Crippen LogP contribution >= 0.6 is 0 Å². The van der Waals surface area contributed by atoms with Gasteiger partial charge in [-0.25, -0.2) is 0 Å². The lowest BCUT2D eigenvalue weighted by Gasteiger charge is -2.18. The number of aromatic nitrogens is 1.